The highest BCUT2D eigenvalue weighted by atomic mass is 32.1. The van der Waals surface area contributed by atoms with Crippen molar-refractivity contribution >= 4 is 28.2 Å². The van der Waals surface area contributed by atoms with Crippen LogP contribution < -0.4 is 5.32 Å². The lowest BCUT2D eigenvalue weighted by Gasteiger charge is -2.27. The summed E-state index contributed by atoms with van der Waals surface area (Å²) >= 11 is 1.43. The molecule has 4 rings (SSSR count). The molecule has 5 nitrogen and oxygen atoms in total. The van der Waals surface area contributed by atoms with Crippen LogP contribution in [-0.4, -0.2) is 18.5 Å². The normalized spacial score (nSPS) is 17.1. The fraction of sp³-hybridized carbons (Fsp3) is 0.435. The molecule has 7 heteroatoms. The van der Waals surface area contributed by atoms with Gasteiger partial charge in [0.2, 0.25) is 0 Å². The lowest BCUT2D eigenvalue weighted by atomic mass is 9.78. The van der Waals surface area contributed by atoms with E-state index in [0.29, 0.717) is 29.0 Å². The fourth-order valence-corrected chi connectivity index (χ4v) is 5.87. The molecule has 0 radical (unpaired) electrons. The van der Waals surface area contributed by atoms with Gasteiger partial charge in [-0.25, -0.2) is 4.39 Å². The van der Waals surface area contributed by atoms with Gasteiger partial charge in [0.25, 0.3) is 5.91 Å². The quantitative estimate of drug-likeness (QED) is 0.707. The van der Waals surface area contributed by atoms with Gasteiger partial charge in [-0.3, -0.25) is 9.59 Å². The molecular weight excluding hydrogens is 403 g/mol. The Morgan fingerprint density at radius 2 is 1.90 bits per heavy atom. The molecule has 2 aromatic rings. The number of ether oxygens (including phenoxy) is 1. The number of carbonyl (C=O) groups excluding carboxylic acids is 2. The van der Waals surface area contributed by atoms with Gasteiger partial charge < -0.3 is 10.1 Å². The van der Waals surface area contributed by atoms with Gasteiger partial charge in [-0.05, 0) is 50.2 Å². The minimum atomic E-state index is -1.04. The average Bonchev–Trinajstić information content (AvgIpc) is 3.37. The van der Waals surface area contributed by atoms with Crippen molar-refractivity contribution in [3.8, 4) is 6.07 Å². The first kappa shape index (κ1) is 20.5. The van der Waals surface area contributed by atoms with Crippen molar-refractivity contribution in [2.45, 2.75) is 56.8 Å². The summed E-state index contributed by atoms with van der Waals surface area (Å²) in [6, 6.07) is 8.47. The van der Waals surface area contributed by atoms with Gasteiger partial charge in [0.05, 0.1) is 11.0 Å². The van der Waals surface area contributed by atoms with Crippen molar-refractivity contribution in [2.75, 3.05) is 11.9 Å². The van der Waals surface area contributed by atoms with E-state index < -0.39 is 29.7 Å². The molecule has 0 bridgehead atoms. The van der Waals surface area contributed by atoms with E-state index in [1.54, 1.807) is 18.2 Å². The van der Waals surface area contributed by atoms with E-state index in [0.717, 1.165) is 49.0 Å². The van der Waals surface area contributed by atoms with Crippen LogP contribution in [0.25, 0.3) is 0 Å². The van der Waals surface area contributed by atoms with Gasteiger partial charge in [-0.15, -0.1) is 11.3 Å². The molecule has 2 aliphatic rings. The van der Waals surface area contributed by atoms with Crippen LogP contribution in [0.2, 0.25) is 0 Å². The molecule has 1 fully saturated rings. The third kappa shape index (κ3) is 3.72. The number of hydrogen-bond acceptors (Lipinski definition) is 5. The summed E-state index contributed by atoms with van der Waals surface area (Å²) in [5.74, 6) is -1.48. The Labute approximate surface area is 178 Å². The number of fused-ring (bicyclic) bond motifs is 1. The van der Waals surface area contributed by atoms with Crippen molar-refractivity contribution in [3.63, 3.8) is 0 Å². The first-order valence-electron chi connectivity index (χ1n) is 10.3. The number of anilines is 1. The minimum Gasteiger partial charge on any atom is -0.455 e. The van der Waals surface area contributed by atoms with E-state index in [2.05, 4.69) is 11.4 Å². The third-order valence-electron chi connectivity index (χ3n) is 6.11. The van der Waals surface area contributed by atoms with Gasteiger partial charge in [0.15, 0.2) is 6.61 Å². The predicted octanol–water partition coefficient (Wildman–Crippen LogP) is 4.63. The molecule has 0 unspecified atom stereocenters. The Morgan fingerprint density at radius 3 is 2.63 bits per heavy atom. The van der Waals surface area contributed by atoms with Crippen molar-refractivity contribution in [2.24, 2.45) is 0 Å². The molecule has 1 amide bonds. The first-order chi connectivity index (χ1) is 14.5. The van der Waals surface area contributed by atoms with Crippen LogP contribution in [0.3, 0.4) is 0 Å². The summed E-state index contributed by atoms with van der Waals surface area (Å²) in [4.78, 5) is 26.5. The second kappa shape index (κ2) is 8.57. The van der Waals surface area contributed by atoms with Crippen LogP contribution in [0, 0.1) is 17.1 Å². The molecule has 2 aliphatic carbocycles. The Hall–Kier alpha value is -2.72. The van der Waals surface area contributed by atoms with Gasteiger partial charge >= 0.3 is 5.97 Å². The number of nitrogens with zero attached hydrogens (tertiary/aromatic N) is 1. The molecule has 0 aliphatic heterocycles. The lowest BCUT2D eigenvalue weighted by Crippen LogP contribution is -2.37. The van der Waals surface area contributed by atoms with Crippen LogP contribution in [-0.2, 0) is 32.6 Å². The zero-order valence-electron chi connectivity index (χ0n) is 16.6. The number of thiophene rings is 1. The first-order valence-corrected chi connectivity index (χ1v) is 11.1. The number of amides is 1. The third-order valence-corrected chi connectivity index (χ3v) is 7.31. The molecule has 1 heterocycles. The van der Waals surface area contributed by atoms with Gasteiger partial charge in [-0.1, -0.05) is 31.0 Å². The van der Waals surface area contributed by atoms with Crippen molar-refractivity contribution < 1.29 is 18.7 Å². The van der Waals surface area contributed by atoms with Gasteiger partial charge in [-0.2, -0.15) is 5.26 Å². The zero-order chi connectivity index (χ0) is 21.1. The van der Waals surface area contributed by atoms with Crippen LogP contribution >= 0.6 is 11.3 Å². The van der Waals surface area contributed by atoms with Crippen LogP contribution in [0.15, 0.2) is 24.3 Å². The summed E-state index contributed by atoms with van der Waals surface area (Å²) in [6.07, 6.45) is 6.53. The molecule has 156 valence electrons. The van der Waals surface area contributed by atoms with Crippen LogP contribution in [0.5, 0.6) is 0 Å². The Kier molecular flexibility index (Phi) is 5.87. The Balaban J connectivity index is 1.45. The number of carbonyl (C=O) groups is 2. The molecule has 1 saturated carbocycles. The SMILES string of the molecule is N#Cc1c(NC(=O)COC(=O)C2(c3ccccc3F)CCCC2)sc2c1CCCC2. The van der Waals surface area contributed by atoms with E-state index in [1.165, 1.54) is 17.4 Å². The molecule has 1 aromatic carbocycles. The van der Waals surface area contributed by atoms with E-state index in [9.17, 15) is 19.2 Å². The second-order valence-corrected chi connectivity index (χ2v) is 9.03. The predicted molar refractivity (Wildman–Crippen MR) is 112 cm³/mol. The fourth-order valence-electron chi connectivity index (χ4n) is 4.62. The monoisotopic (exact) mass is 426 g/mol. The molecule has 1 aromatic heterocycles. The largest absolute Gasteiger partial charge is 0.455 e. The Bertz CT molecular complexity index is 1020. The maximum absolute atomic E-state index is 14.4. The van der Waals surface area contributed by atoms with E-state index in [-0.39, 0.29) is 0 Å². The van der Waals surface area contributed by atoms with E-state index in [1.807, 2.05) is 0 Å². The lowest BCUT2D eigenvalue weighted by molar-refractivity contribution is -0.153. The van der Waals surface area contributed by atoms with Crippen molar-refractivity contribution in [3.05, 3.63) is 51.7 Å². The summed E-state index contributed by atoms with van der Waals surface area (Å²) in [6.45, 7) is -0.456. The summed E-state index contributed by atoms with van der Waals surface area (Å²) in [5, 5.41) is 12.8. The summed E-state index contributed by atoms with van der Waals surface area (Å²) < 4.78 is 19.8. The summed E-state index contributed by atoms with van der Waals surface area (Å²) in [5.41, 5.74) is 0.856. The maximum Gasteiger partial charge on any atom is 0.317 e. The maximum atomic E-state index is 14.4. The average molecular weight is 427 g/mol. The van der Waals surface area contributed by atoms with Crippen molar-refractivity contribution in [1.82, 2.24) is 0 Å². The highest BCUT2D eigenvalue weighted by Crippen LogP contribution is 2.43. The highest BCUT2D eigenvalue weighted by molar-refractivity contribution is 7.16. The van der Waals surface area contributed by atoms with E-state index >= 15 is 0 Å². The number of nitrogens with one attached hydrogen (secondary N) is 1. The zero-order valence-corrected chi connectivity index (χ0v) is 17.4. The van der Waals surface area contributed by atoms with Crippen molar-refractivity contribution in [1.29, 1.82) is 5.26 Å². The molecule has 0 saturated heterocycles. The molecule has 0 atom stereocenters. The number of halogens is 1. The Morgan fingerprint density at radius 1 is 1.17 bits per heavy atom. The number of nitriles is 1. The number of rotatable bonds is 5. The second-order valence-electron chi connectivity index (χ2n) is 7.92. The number of aryl methyl sites for hydroxylation is 1. The van der Waals surface area contributed by atoms with Crippen LogP contribution in [0.1, 0.15) is 60.1 Å². The topological polar surface area (TPSA) is 79.2 Å². The number of esters is 1. The molecule has 0 spiro atoms. The molecular formula is C23H23FN2O3S. The van der Waals surface area contributed by atoms with Gasteiger partial charge in [0.1, 0.15) is 16.9 Å². The smallest absolute Gasteiger partial charge is 0.317 e. The number of benzene rings is 1. The van der Waals surface area contributed by atoms with E-state index in [4.69, 9.17) is 4.74 Å². The van der Waals surface area contributed by atoms with Gasteiger partial charge in [0, 0.05) is 10.4 Å². The standard InChI is InChI=1S/C23H23FN2O3S/c24-18-9-3-2-8-17(18)23(11-5-6-12-23)22(28)29-14-20(27)26-21-16(13-25)15-7-1-4-10-19(15)30-21/h2-3,8-9H,1,4-7,10-12,14H2,(H,26,27). The minimum absolute atomic E-state index is 0.339. The van der Waals surface area contributed by atoms with Crippen LogP contribution in [0.4, 0.5) is 9.39 Å². The highest BCUT2D eigenvalue weighted by Gasteiger charge is 2.46. The molecule has 30 heavy (non-hydrogen) atoms. The number of hydrogen-bond donors (Lipinski definition) is 1. The summed E-state index contributed by atoms with van der Waals surface area (Å²) in [7, 11) is 0. The molecule has 1 N–H and O–H groups in total.